The summed E-state index contributed by atoms with van der Waals surface area (Å²) in [7, 11) is 0. The van der Waals surface area contributed by atoms with Crippen LogP contribution < -0.4 is 0 Å². The highest BCUT2D eigenvalue weighted by molar-refractivity contribution is 7.71. The van der Waals surface area contributed by atoms with Gasteiger partial charge in [0.15, 0.2) is 0 Å². The highest BCUT2D eigenvalue weighted by atomic mass is 32.1. The van der Waals surface area contributed by atoms with Crippen LogP contribution in [0.25, 0.3) is 11.0 Å². The number of aromatic amines is 1. The van der Waals surface area contributed by atoms with E-state index in [1.165, 1.54) is 6.07 Å². The predicted octanol–water partition coefficient (Wildman–Crippen LogP) is 0.894. The van der Waals surface area contributed by atoms with Crippen molar-refractivity contribution < 1.29 is 24.4 Å². The molecule has 0 bridgehead atoms. The fourth-order valence-electron chi connectivity index (χ4n) is 2.69. The number of aryl methyl sites for hydroxylation is 1. The number of nitrogens with zero attached hydrogens (tertiary/aromatic N) is 1. The first-order valence-corrected chi connectivity index (χ1v) is 7.15. The number of H-pyrrole nitrogens is 1. The lowest BCUT2D eigenvalue weighted by atomic mass is 10.0. The number of hydrogen-bond acceptors (Lipinski definition) is 6. The monoisotopic (exact) mass is 326 g/mol. The quantitative estimate of drug-likeness (QED) is 0.483. The molecule has 1 aliphatic heterocycles. The van der Waals surface area contributed by atoms with Gasteiger partial charge in [-0.3, -0.25) is 0 Å². The van der Waals surface area contributed by atoms with Gasteiger partial charge in [0.05, 0.1) is 6.61 Å². The third-order valence-corrected chi connectivity index (χ3v) is 4.21. The second kappa shape index (κ2) is 5.64. The van der Waals surface area contributed by atoms with Crippen LogP contribution in [-0.4, -0.2) is 50.2 Å². The van der Waals surface area contributed by atoms with Gasteiger partial charge in [-0.15, -0.1) is 0 Å². The van der Waals surface area contributed by atoms with E-state index in [9.17, 15) is 14.6 Å². The topological polar surface area (TPSA) is 98.6 Å². The van der Waals surface area contributed by atoms with Crippen LogP contribution in [0.4, 0.5) is 4.39 Å². The minimum absolute atomic E-state index is 0.236. The van der Waals surface area contributed by atoms with Crippen LogP contribution in [-0.2, 0) is 4.74 Å². The van der Waals surface area contributed by atoms with Gasteiger partial charge in [-0.25, -0.2) is 4.98 Å². The number of fused-ring (bicyclic) bond motifs is 1. The van der Waals surface area contributed by atoms with Crippen molar-refractivity contribution in [2.75, 3.05) is 6.61 Å². The summed E-state index contributed by atoms with van der Waals surface area (Å²) in [6.45, 7) is 1.32. The van der Waals surface area contributed by atoms with Crippen molar-refractivity contribution in [3.05, 3.63) is 33.8 Å². The highest BCUT2D eigenvalue weighted by Crippen LogP contribution is 2.35. The van der Waals surface area contributed by atoms with Crippen molar-refractivity contribution in [3.8, 4) is 0 Å². The Hall–Kier alpha value is -1.45. The maximum Gasteiger partial charge on any atom is 0.215 e. The van der Waals surface area contributed by atoms with E-state index >= 15 is 0 Å². The molecule has 118 valence electrons. The molecule has 2 aromatic rings. The molecule has 0 spiro atoms. The predicted molar refractivity (Wildman–Crippen MR) is 78.3 cm³/mol. The van der Waals surface area contributed by atoms with Crippen LogP contribution in [0.2, 0.25) is 0 Å². The summed E-state index contributed by atoms with van der Waals surface area (Å²) in [5, 5.41) is 29.7. The summed E-state index contributed by atoms with van der Waals surface area (Å²) in [6.07, 6.45) is -4.16. The van der Waals surface area contributed by atoms with Gasteiger partial charge in [0, 0.05) is 10.9 Å². The molecular weight excluding hydrogens is 311 g/mol. The summed E-state index contributed by atoms with van der Waals surface area (Å²) in [5.41, 5.74) is 1.42. The molecule has 0 aromatic carbocycles. The van der Waals surface area contributed by atoms with Gasteiger partial charge >= 0.3 is 0 Å². The molecule has 0 radical (unpaired) electrons. The van der Waals surface area contributed by atoms with Gasteiger partial charge in [-0.05, 0) is 24.6 Å². The number of hydrogen-bond donors (Lipinski definition) is 4. The summed E-state index contributed by atoms with van der Waals surface area (Å²) in [6, 6.07) is 2.95. The first kappa shape index (κ1) is 15.4. The second-order valence-electron chi connectivity index (χ2n) is 5.34. The normalized spacial score (nSPS) is 28.4. The lowest BCUT2D eigenvalue weighted by molar-refractivity contribution is -0.0229. The molecule has 8 heteroatoms. The van der Waals surface area contributed by atoms with E-state index in [1.54, 1.807) is 13.0 Å². The Morgan fingerprint density at radius 1 is 1.36 bits per heavy atom. The van der Waals surface area contributed by atoms with Crippen molar-refractivity contribution in [1.82, 2.24) is 9.97 Å². The van der Waals surface area contributed by atoms with Crippen molar-refractivity contribution in [2.24, 2.45) is 0 Å². The number of aliphatic hydroxyl groups excluding tert-OH is 3. The summed E-state index contributed by atoms with van der Waals surface area (Å²) in [5.74, 6) is -0.615. The first-order chi connectivity index (χ1) is 10.4. The largest absolute Gasteiger partial charge is 0.394 e. The van der Waals surface area contributed by atoms with Gasteiger partial charge in [-0.2, -0.15) is 4.39 Å². The third kappa shape index (κ3) is 2.42. The average Bonchev–Trinajstić information content (AvgIpc) is 2.74. The number of aliphatic hydroxyl groups is 3. The van der Waals surface area contributed by atoms with Crippen molar-refractivity contribution >= 4 is 23.3 Å². The molecule has 0 aliphatic carbocycles. The smallest absolute Gasteiger partial charge is 0.215 e. The highest BCUT2D eigenvalue weighted by Gasteiger charge is 2.43. The Morgan fingerprint density at radius 2 is 2.09 bits per heavy atom. The lowest BCUT2D eigenvalue weighted by Gasteiger charge is -2.16. The van der Waals surface area contributed by atoms with Gasteiger partial charge < -0.3 is 25.0 Å². The number of rotatable bonds is 2. The Balaban J connectivity index is 2.12. The Bertz CT molecular complexity index is 781. The lowest BCUT2D eigenvalue weighted by Crippen LogP contribution is -2.32. The van der Waals surface area contributed by atoms with Crippen LogP contribution in [0.5, 0.6) is 0 Å². The number of ether oxygens (including phenoxy) is 1. The average molecular weight is 326 g/mol. The minimum atomic E-state index is -1.21. The fraction of sp³-hybridized carbons (Fsp3) is 0.429. The van der Waals surface area contributed by atoms with Gasteiger partial charge in [-0.1, -0.05) is 12.2 Å². The van der Waals surface area contributed by atoms with E-state index in [2.05, 4.69) is 9.97 Å². The summed E-state index contributed by atoms with van der Waals surface area (Å²) >= 11 is 5.22. The summed E-state index contributed by atoms with van der Waals surface area (Å²) < 4.78 is 19.1. The van der Waals surface area contributed by atoms with E-state index in [4.69, 9.17) is 22.1 Å². The van der Waals surface area contributed by atoms with E-state index in [0.717, 1.165) is 0 Å². The zero-order valence-electron chi connectivity index (χ0n) is 11.7. The molecule has 2 unspecified atom stereocenters. The van der Waals surface area contributed by atoms with Crippen molar-refractivity contribution in [3.63, 3.8) is 0 Å². The van der Waals surface area contributed by atoms with Crippen LogP contribution in [0.3, 0.4) is 0 Å². The Kier molecular flexibility index (Phi) is 3.96. The zero-order chi connectivity index (χ0) is 16.0. The maximum atomic E-state index is 13.4. The van der Waals surface area contributed by atoms with E-state index in [1.807, 2.05) is 0 Å². The van der Waals surface area contributed by atoms with Crippen molar-refractivity contribution in [1.29, 1.82) is 0 Å². The molecule has 3 heterocycles. The van der Waals surface area contributed by atoms with E-state index < -0.39 is 37.0 Å². The van der Waals surface area contributed by atoms with E-state index in [-0.39, 0.29) is 4.64 Å². The first-order valence-electron chi connectivity index (χ1n) is 6.75. The standard InChI is InChI=1S/C14H15FN2O4S/c1-5-2-9(15)16-13-6(5)3-7(14(22)17-13)12-11(20)10(19)8(4-18)21-12/h2-3,8,10-12,18-20H,4H2,1H3,(H,16,17,22)/t8-,10?,11?,12+/m1/s1. The zero-order valence-corrected chi connectivity index (χ0v) is 12.5. The minimum Gasteiger partial charge on any atom is -0.394 e. The molecule has 1 fully saturated rings. The molecule has 1 aliphatic rings. The fourth-order valence-corrected chi connectivity index (χ4v) is 2.96. The van der Waals surface area contributed by atoms with Crippen molar-refractivity contribution in [2.45, 2.75) is 31.3 Å². The molecule has 0 saturated carbocycles. The van der Waals surface area contributed by atoms with Gasteiger partial charge in [0.25, 0.3) is 0 Å². The molecule has 4 N–H and O–H groups in total. The molecule has 2 aromatic heterocycles. The SMILES string of the molecule is Cc1cc(F)nc2[nH]c(=S)c([C@@H]3O[C@H](CO)C(O)C3O)cc12. The number of pyridine rings is 2. The molecule has 0 amide bonds. The van der Waals surface area contributed by atoms with E-state index in [0.29, 0.717) is 22.2 Å². The van der Waals surface area contributed by atoms with Crippen LogP contribution in [0.15, 0.2) is 12.1 Å². The van der Waals surface area contributed by atoms with Gasteiger partial charge in [0.1, 0.15) is 34.7 Å². The number of aromatic nitrogens is 2. The summed E-state index contributed by atoms with van der Waals surface area (Å²) in [4.78, 5) is 6.56. The molecule has 1 saturated heterocycles. The molecule has 3 rings (SSSR count). The number of halogens is 1. The number of nitrogens with one attached hydrogen (secondary N) is 1. The Morgan fingerprint density at radius 3 is 2.73 bits per heavy atom. The third-order valence-electron chi connectivity index (χ3n) is 3.88. The van der Waals surface area contributed by atoms with Crippen LogP contribution >= 0.6 is 12.2 Å². The van der Waals surface area contributed by atoms with Crippen LogP contribution in [0.1, 0.15) is 17.2 Å². The molecule has 4 atom stereocenters. The molecule has 6 nitrogen and oxygen atoms in total. The van der Waals surface area contributed by atoms with Crippen LogP contribution in [0, 0.1) is 17.5 Å². The Labute approximate surface area is 130 Å². The molecular formula is C14H15FN2O4S. The maximum absolute atomic E-state index is 13.4. The second-order valence-corrected chi connectivity index (χ2v) is 5.75. The molecule has 22 heavy (non-hydrogen) atoms. The van der Waals surface area contributed by atoms with Gasteiger partial charge in [0.2, 0.25) is 5.95 Å².